The molecular formula is C10H11N3O2. The van der Waals surface area contributed by atoms with Crippen LogP contribution in [-0.2, 0) is 0 Å². The molecule has 0 spiro atoms. The SMILES string of the molecule is CCNC(=O)Oc1nc2ccccc2[nH]1. The van der Waals surface area contributed by atoms with Crippen molar-refractivity contribution in [1.82, 2.24) is 15.3 Å². The maximum Gasteiger partial charge on any atom is 0.415 e. The minimum Gasteiger partial charge on any atom is -0.375 e. The molecule has 0 aliphatic heterocycles. The molecule has 5 nitrogen and oxygen atoms in total. The topological polar surface area (TPSA) is 67.0 Å². The van der Waals surface area contributed by atoms with Gasteiger partial charge in [0.1, 0.15) is 0 Å². The summed E-state index contributed by atoms with van der Waals surface area (Å²) in [5.74, 6) is 0. The van der Waals surface area contributed by atoms with E-state index in [0.29, 0.717) is 6.54 Å². The lowest BCUT2D eigenvalue weighted by Gasteiger charge is -1.99. The van der Waals surface area contributed by atoms with Crippen molar-refractivity contribution >= 4 is 17.1 Å². The number of hydrogen-bond donors (Lipinski definition) is 2. The van der Waals surface area contributed by atoms with E-state index in [-0.39, 0.29) is 6.01 Å². The Hall–Kier alpha value is -2.04. The highest BCUT2D eigenvalue weighted by molar-refractivity contribution is 5.77. The number of benzene rings is 1. The quantitative estimate of drug-likeness (QED) is 0.783. The van der Waals surface area contributed by atoms with Crippen molar-refractivity contribution in [2.75, 3.05) is 6.54 Å². The van der Waals surface area contributed by atoms with Gasteiger partial charge >= 0.3 is 12.1 Å². The molecule has 0 fully saturated rings. The summed E-state index contributed by atoms with van der Waals surface area (Å²) in [5, 5.41) is 2.52. The molecule has 0 atom stereocenters. The summed E-state index contributed by atoms with van der Waals surface area (Å²) in [6.45, 7) is 2.35. The van der Waals surface area contributed by atoms with E-state index in [2.05, 4.69) is 15.3 Å². The summed E-state index contributed by atoms with van der Waals surface area (Å²) in [5.41, 5.74) is 1.62. The smallest absolute Gasteiger partial charge is 0.375 e. The van der Waals surface area contributed by atoms with Crippen LogP contribution in [0.1, 0.15) is 6.92 Å². The highest BCUT2D eigenvalue weighted by atomic mass is 16.6. The van der Waals surface area contributed by atoms with Crippen LogP contribution in [0, 0.1) is 0 Å². The number of amides is 1. The van der Waals surface area contributed by atoms with E-state index in [9.17, 15) is 4.79 Å². The molecule has 0 aliphatic rings. The number of aromatic nitrogens is 2. The first-order valence-corrected chi connectivity index (χ1v) is 4.70. The summed E-state index contributed by atoms with van der Waals surface area (Å²) >= 11 is 0. The molecule has 0 aliphatic carbocycles. The Kier molecular flexibility index (Phi) is 2.53. The van der Waals surface area contributed by atoms with Crippen LogP contribution in [-0.4, -0.2) is 22.6 Å². The monoisotopic (exact) mass is 205 g/mol. The first-order chi connectivity index (χ1) is 7.29. The molecule has 2 rings (SSSR count). The fraction of sp³-hybridized carbons (Fsp3) is 0.200. The number of ether oxygens (including phenoxy) is 1. The van der Waals surface area contributed by atoms with Gasteiger partial charge in [-0.05, 0) is 19.1 Å². The van der Waals surface area contributed by atoms with Gasteiger partial charge in [0.05, 0.1) is 11.0 Å². The molecule has 15 heavy (non-hydrogen) atoms. The average Bonchev–Trinajstić information content (AvgIpc) is 2.59. The van der Waals surface area contributed by atoms with Crippen molar-refractivity contribution in [1.29, 1.82) is 0 Å². The summed E-state index contributed by atoms with van der Waals surface area (Å²) in [4.78, 5) is 18.1. The summed E-state index contributed by atoms with van der Waals surface area (Å²) < 4.78 is 4.92. The number of imidazole rings is 1. The molecule has 5 heteroatoms. The average molecular weight is 205 g/mol. The summed E-state index contributed by atoms with van der Waals surface area (Å²) in [6.07, 6.45) is -0.503. The Morgan fingerprint density at radius 3 is 3.07 bits per heavy atom. The van der Waals surface area contributed by atoms with E-state index in [1.54, 1.807) is 0 Å². The van der Waals surface area contributed by atoms with Crippen LogP contribution in [0.2, 0.25) is 0 Å². The van der Waals surface area contributed by atoms with Crippen LogP contribution in [0.3, 0.4) is 0 Å². The largest absolute Gasteiger partial charge is 0.415 e. The highest BCUT2D eigenvalue weighted by Gasteiger charge is 2.06. The van der Waals surface area contributed by atoms with Crippen LogP contribution < -0.4 is 10.1 Å². The number of nitrogens with zero attached hydrogens (tertiary/aromatic N) is 1. The Labute approximate surface area is 86.5 Å². The third-order valence-electron chi connectivity index (χ3n) is 1.88. The number of aromatic amines is 1. The van der Waals surface area contributed by atoms with Crippen molar-refractivity contribution in [3.63, 3.8) is 0 Å². The number of para-hydroxylation sites is 2. The third kappa shape index (κ3) is 2.07. The zero-order chi connectivity index (χ0) is 10.7. The van der Waals surface area contributed by atoms with Gasteiger partial charge in [-0.3, -0.25) is 0 Å². The second-order valence-electron chi connectivity index (χ2n) is 2.98. The number of nitrogens with one attached hydrogen (secondary N) is 2. The molecule has 1 aromatic carbocycles. The van der Waals surface area contributed by atoms with Crippen LogP contribution in [0.5, 0.6) is 6.01 Å². The second kappa shape index (κ2) is 4.00. The summed E-state index contributed by atoms with van der Waals surface area (Å²) in [7, 11) is 0. The first-order valence-electron chi connectivity index (χ1n) is 4.70. The van der Waals surface area contributed by atoms with Crippen molar-refractivity contribution in [2.24, 2.45) is 0 Å². The van der Waals surface area contributed by atoms with Crippen LogP contribution in [0.25, 0.3) is 11.0 Å². The summed E-state index contributed by atoms with van der Waals surface area (Å²) in [6, 6.07) is 7.68. The molecule has 0 bridgehead atoms. The Morgan fingerprint density at radius 2 is 2.33 bits per heavy atom. The van der Waals surface area contributed by atoms with E-state index >= 15 is 0 Å². The molecule has 1 amide bonds. The molecule has 0 saturated heterocycles. The standard InChI is InChI=1S/C10H11N3O2/c1-2-11-10(14)15-9-12-7-5-3-4-6-8(7)13-9/h3-6H,2H2,1H3,(H,11,14)(H,12,13). The number of hydrogen-bond acceptors (Lipinski definition) is 3. The number of carbonyl (C=O) groups excluding carboxylic acids is 1. The second-order valence-corrected chi connectivity index (χ2v) is 2.98. The van der Waals surface area contributed by atoms with E-state index < -0.39 is 6.09 Å². The molecule has 0 saturated carbocycles. The van der Waals surface area contributed by atoms with Crippen molar-refractivity contribution in [3.05, 3.63) is 24.3 Å². The zero-order valence-corrected chi connectivity index (χ0v) is 8.28. The van der Waals surface area contributed by atoms with E-state index in [1.165, 1.54) is 0 Å². The predicted octanol–water partition coefficient (Wildman–Crippen LogP) is 1.67. The predicted molar refractivity (Wildman–Crippen MR) is 55.8 cm³/mol. The lowest BCUT2D eigenvalue weighted by Crippen LogP contribution is -2.26. The first kappa shape index (κ1) is 9.51. The van der Waals surface area contributed by atoms with Crippen molar-refractivity contribution < 1.29 is 9.53 Å². The van der Waals surface area contributed by atoms with Gasteiger partial charge in [0.25, 0.3) is 0 Å². The van der Waals surface area contributed by atoms with Crippen LogP contribution in [0.15, 0.2) is 24.3 Å². The van der Waals surface area contributed by atoms with Gasteiger partial charge < -0.3 is 15.0 Å². The van der Waals surface area contributed by atoms with E-state index in [4.69, 9.17) is 4.74 Å². The molecule has 1 heterocycles. The van der Waals surface area contributed by atoms with Gasteiger partial charge in [-0.2, -0.15) is 4.98 Å². The minimum atomic E-state index is -0.503. The maximum absolute atomic E-state index is 11.1. The van der Waals surface area contributed by atoms with Crippen LogP contribution in [0.4, 0.5) is 4.79 Å². The fourth-order valence-electron chi connectivity index (χ4n) is 1.25. The van der Waals surface area contributed by atoms with Crippen LogP contribution >= 0.6 is 0 Å². The lowest BCUT2D eigenvalue weighted by molar-refractivity contribution is 0.197. The van der Waals surface area contributed by atoms with Gasteiger partial charge in [0, 0.05) is 6.54 Å². The van der Waals surface area contributed by atoms with E-state index in [1.807, 2.05) is 31.2 Å². The molecule has 2 aromatic rings. The molecule has 0 radical (unpaired) electrons. The Morgan fingerprint density at radius 1 is 1.53 bits per heavy atom. The van der Waals surface area contributed by atoms with Crippen molar-refractivity contribution in [3.8, 4) is 6.01 Å². The Balaban J connectivity index is 2.18. The molecule has 1 aromatic heterocycles. The lowest BCUT2D eigenvalue weighted by atomic mass is 10.3. The fourth-order valence-corrected chi connectivity index (χ4v) is 1.25. The number of H-pyrrole nitrogens is 1. The van der Waals surface area contributed by atoms with Crippen molar-refractivity contribution in [2.45, 2.75) is 6.92 Å². The minimum absolute atomic E-state index is 0.210. The zero-order valence-electron chi connectivity index (χ0n) is 8.28. The third-order valence-corrected chi connectivity index (χ3v) is 1.88. The number of rotatable bonds is 2. The number of carbonyl (C=O) groups is 1. The molecular weight excluding hydrogens is 194 g/mol. The van der Waals surface area contributed by atoms with Gasteiger partial charge in [-0.15, -0.1) is 0 Å². The van der Waals surface area contributed by atoms with Gasteiger partial charge in [0.15, 0.2) is 0 Å². The molecule has 78 valence electrons. The molecule has 2 N–H and O–H groups in total. The van der Waals surface area contributed by atoms with Gasteiger partial charge in [-0.25, -0.2) is 4.79 Å². The maximum atomic E-state index is 11.1. The normalized spacial score (nSPS) is 10.2. The number of fused-ring (bicyclic) bond motifs is 1. The van der Waals surface area contributed by atoms with Gasteiger partial charge in [-0.1, -0.05) is 12.1 Å². The van der Waals surface area contributed by atoms with E-state index in [0.717, 1.165) is 11.0 Å². The highest BCUT2D eigenvalue weighted by Crippen LogP contribution is 2.14. The van der Waals surface area contributed by atoms with Gasteiger partial charge in [0.2, 0.25) is 0 Å². The Bertz CT molecular complexity index is 445. The molecule has 0 unspecified atom stereocenters.